The summed E-state index contributed by atoms with van der Waals surface area (Å²) >= 11 is 6.13. The van der Waals surface area contributed by atoms with Crippen LogP contribution in [0.1, 0.15) is 24.6 Å². The van der Waals surface area contributed by atoms with Gasteiger partial charge in [-0.15, -0.1) is 24.0 Å². The summed E-state index contributed by atoms with van der Waals surface area (Å²) in [7, 11) is 4.12. The first-order valence-corrected chi connectivity index (χ1v) is 11.0. The van der Waals surface area contributed by atoms with Gasteiger partial charge in [-0.1, -0.05) is 41.9 Å². The van der Waals surface area contributed by atoms with Crippen LogP contribution in [0, 0.1) is 5.92 Å². The van der Waals surface area contributed by atoms with Crippen molar-refractivity contribution >= 4 is 41.5 Å². The van der Waals surface area contributed by atoms with Crippen molar-refractivity contribution in [1.29, 1.82) is 0 Å². The van der Waals surface area contributed by atoms with Gasteiger partial charge in [-0.25, -0.2) is 0 Å². The Hall–Kier alpha value is -1.25. The van der Waals surface area contributed by atoms with Crippen LogP contribution in [-0.4, -0.2) is 60.1 Å². The van der Waals surface area contributed by atoms with E-state index in [9.17, 15) is 0 Å². The third-order valence-corrected chi connectivity index (χ3v) is 5.81. The van der Waals surface area contributed by atoms with Crippen molar-refractivity contribution in [2.24, 2.45) is 18.0 Å². The summed E-state index contributed by atoms with van der Waals surface area (Å²) in [6.45, 7) is 8.10. The molecule has 2 heterocycles. The van der Waals surface area contributed by atoms with Gasteiger partial charge < -0.3 is 19.7 Å². The van der Waals surface area contributed by atoms with E-state index in [-0.39, 0.29) is 24.0 Å². The molecule has 1 N–H and O–H groups in total. The minimum atomic E-state index is 0. The number of aryl methyl sites for hydroxylation is 1. The molecule has 1 aromatic carbocycles. The molecule has 1 atom stereocenters. The van der Waals surface area contributed by atoms with Crippen LogP contribution in [0.5, 0.6) is 0 Å². The van der Waals surface area contributed by atoms with Crippen LogP contribution in [0.4, 0.5) is 0 Å². The second-order valence-electron chi connectivity index (χ2n) is 8.00. The number of likely N-dealkylation sites (tertiary alicyclic amines) is 1. The fourth-order valence-electron chi connectivity index (χ4n) is 3.92. The zero-order chi connectivity index (χ0) is 20.6. The van der Waals surface area contributed by atoms with Gasteiger partial charge in [0, 0.05) is 52.2 Å². The molecule has 1 aromatic heterocycles. The number of aromatic nitrogens is 1. The Morgan fingerprint density at radius 2 is 2.07 bits per heavy atom. The first-order chi connectivity index (χ1) is 14.0. The Kier molecular flexibility index (Phi) is 10.5. The predicted molar refractivity (Wildman–Crippen MR) is 138 cm³/mol. The van der Waals surface area contributed by atoms with Crippen LogP contribution in [0.3, 0.4) is 0 Å². The van der Waals surface area contributed by atoms with E-state index < -0.39 is 0 Å². The highest BCUT2D eigenvalue weighted by molar-refractivity contribution is 14.0. The van der Waals surface area contributed by atoms with Crippen molar-refractivity contribution in [2.45, 2.75) is 26.3 Å². The lowest BCUT2D eigenvalue weighted by Crippen LogP contribution is -2.39. The molecule has 0 saturated carbocycles. The topological polar surface area (TPSA) is 35.8 Å². The number of nitrogens with zero attached hydrogens (tertiary/aromatic N) is 4. The van der Waals surface area contributed by atoms with Crippen molar-refractivity contribution < 1.29 is 0 Å². The minimum absolute atomic E-state index is 0. The van der Waals surface area contributed by atoms with E-state index in [0.717, 1.165) is 50.1 Å². The summed E-state index contributed by atoms with van der Waals surface area (Å²) in [5.74, 6) is 1.60. The van der Waals surface area contributed by atoms with Crippen molar-refractivity contribution in [2.75, 3.05) is 39.8 Å². The molecule has 1 unspecified atom stereocenters. The van der Waals surface area contributed by atoms with Crippen LogP contribution in [0.15, 0.2) is 47.6 Å². The van der Waals surface area contributed by atoms with Gasteiger partial charge in [0.05, 0.1) is 11.6 Å². The van der Waals surface area contributed by atoms with E-state index in [4.69, 9.17) is 16.6 Å². The molecule has 3 rings (SSSR count). The lowest BCUT2D eigenvalue weighted by atomic mass is 10.1. The Bertz CT molecular complexity index is 792. The maximum Gasteiger partial charge on any atom is 0.194 e. The molecule has 2 aromatic rings. The highest BCUT2D eigenvalue weighted by Crippen LogP contribution is 2.18. The molecule has 166 valence electrons. The zero-order valence-corrected chi connectivity index (χ0v) is 21.4. The zero-order valence-electron chi connectivity index (χ0n) is 18.4. The molecule has 0 spiro atoms. The fraction of sp³-hybridized carbons (Fsp3) is 0.522. The number of benzene rings is 1. The van der Waals surface area contributed by atoms with Gasteiger partial charge in [-0.3, -0.25) is 4.99 Å². The van der Waals surface area contributed by atoms with Crippen molar-refractivity contribution in [3.63, 3.8) is 0 Å². The molecule has 0 bridgehead atoms. The van der Waals surface area contributed by atoms with Crippen LogP contribution in [0.2, 0.25) is 5.02 Å². The van der Waals surface area contributed by atoms with Crippen LogP contribution >= 0.6 is 35.6 Å². The van der Waals surface area contributed by atoms with E-state index in [1.807, 2.05) is 19.3 Å². The van der Waals surface area contributed by atoms with Gasteiger partial charge >= 0.3 is 0 Å². The second kappa shape index (κ2) is 12.6. The number of aliphatic imine (C=N–C) groups is 1. The average molecular weight is 544 g/mol. The number of nitrogens with one attached hydrogen (secondary N) is 1. The molecule has 1 saturated heterocycles. The minimum Gasteiger partial charge on any atom is -0.357 e. The van der Waals surface area contributed by atoms with Gasteiger partial charge in [0.2, 0.25) is 0 Å². The molecule has 0 radical (unpaired) electrons. The number of rotatable bonds is 8. The van der Waals surface area contributed by atoms with Crippen molar-refractivity contribution in [3.8, 4) is 0 Å². The second-order valence-corrected chi connectivity index (χ2v) is 8.44. The Labute approximate surface area is 203 Å². The first kappa shape index (κ1) is 25.0. The van der Waals surface area contributed by atoms with E-state index in [0.29, 0.717) is 5.92 Å². The van der Waals surface area contributed by atoms with Crippen LogP contribution in [-0.2, 0) is 20.0 Å². The predicted octanol–water partition coefficient (Wildman–Crippen LogP) is 4.26. The monoisotopic (exact) mass is 543 g/mol. The summed E-state index contributed by atoms with van der Waals surface area (Å²) in [4.78, 5) is 9.70. The summed E-state index contributed by atoms with van der Waals surface area (Å²) in [6.07, 6.45) is 4.30. The van der Waals surface area contributed by atoms with Gasteiger partial charge in [0.15, 0.2) is 5.96 Å². The molecule has 1 aliphatic rings. The molecule has 5 nitrogen and oxygen atoms in total. The highest BCUT2D eigenvalue weighted by Gasteiger charge is 2.22. The van der Waals surface area contributed by atoms with Crippen LogP contribution < -0.4 is 5.32 Å². The Morgan fingerprint density at radius 1 is 1.30 bits per heavy atom. The largest absolute Gasteiger partial charge is 0.357 e. The van der Waals surface area contributed by atoms with Crippen molar-refractivity contribution in [3.05, 3.63) is 58.9 Å². The molecule has 0 aliphatic carbocycles. The van der Waals surface area contributed by atoms with Crippen LogP contribution in [0.25, 0.3) is 0 Å². The van der Waals surface area contributed by atoms with Gasteiger partial charge in [-0.2, -0.15) is 0 Å². The summed E-state index contributed by atoms with van der Waals surface area (Å²) in [5, 5.41) is 4.21. The van der Waals surface area contributed by atoms with Crippen molar-refractivity contribution in [1.82, 2.24) is 19.7 Å². The lowest BCUT2D eigenvalue weighted by Gasteiger charge is -2.23. The maximum atomic E-state index is 6.13. The summed E-state index contributed by atoms with van der Waals surface area (Å²) in [5.41, 5.74) is 2.60. The summed E-state index contributed by atoms with van der Waals surface area (Å²) in [6, 6.07) is 12.8. The Balaban J connectivity index is 0.00000320. The smallest absolute Gasteiger partial charge is 0.194 e. The average Bonchev–Trinajstić information content (AvgIpc) is 3.30. The van der Waals surface area contributed by atoms with E-state index in [1.54, 1.807) is 0 Å². The van der Waals surface area contributed by atoms with E-state index >= 15 is 0 Å². The van der Waals surface area contributed by atoms with E-state index in [1.165, 1.54) is 24.2 Å². The molecular formula is C23H35ClIN5. The standard InChI is InChI=1S/C23H34ClN5.HI/c1-4-25-23(28(3)18-22-14-21(24)17-27(22)2)26-15-20-11-13-29(16-20)12-10-19-8-6-5-7-9-19;/h5-9,14,17,20H,4,10-13,15-16,18H2,1-3H3,(H,25,26);1H. The van der Waals surface area contributed by atoms with Gasteiger partial charge in [-0.05, 0) is 43.9 Å². The maximum absolute atomic E-state index is 6.13. The summed E-state index contributed by atoms with van der Waals surface area (Å²) < 4.78 is 2.07. The number of guanidine groups is 1. The molecule has 0 amide bonds. The highest BCUT2D eigenvalue weighted by atomic mass is 127. The lowest BCUT2D eigenvalue weighted by molar-refractivity contribution is 0.329. The third-order valence-electron chi connectivity index (χ3n) is 5.60. The van der Waals surface area contributed by atoms with Gasteiger partial charge in [0.25, 0.3) is 0 Å². The van der Waals surface area contributed by atoms with E-state index in [2.05, 4.69) is 64.0 Å². The number of halogens is 2. The first-order valence-electron chi connectivity index (χ1n) is 10.6. The molecule has 7 heteroatoms. The molecule has 1 aliphatic heterocycles. The SMILES string of the molecule is CCNC(=NCC1CCN(CCc2ccccc2)C1)N(C)Cc1cc(Cl)cn1C.I. The van der Waals surface area contributed by atoms with Gasteiger partial charge in [0.1, 0.15) is 0 Å². The molecule has 1 fully saturated rings. The third kappa shape index (κ3) is 7.46. The molecule has 30 heavy (non-hydrogen) atoms. The Morgan fingerprint density at radius 3 is 2.73 bits per heavy atom. The fourth-order valence-corrected chi connectivity index (χ4v) is 4.20. The quantitative estimate of drug-likeness (QED) is 0.307. The number of hydrogen-bond acceptors (Lipinski definition) is 2. The normalized spacial score (nSPS) is 17.1. The number of hydrogen-bond donors (Lipinski definition) is 1. The molecular weight excluding hydrogens is 509 g/mol.